The average molecular weight is 449 g/mol. The number of pyridine rings is 2. The lowest BCUT2D eigenvalue weighted by atomic mass is 10.1. The third kappa shape index (κ3) is 4.28. The van der Waals surface area contributed by atoms with Crippen molar-refractivity contribution in [2.45, 2.75) is 11.3 Å². The molecule has 0 fully saturated rings. The van der Waals surface area contributed by atoms with E-state index >= 15 is 0 Å². The van der Waals surface area contributed by atoms with E-state index < -0.39 is 14.8 Å². The topological polar surface area (TPSA) is 112 Å². The molecule has 9 heteroatoms. The van der Waals surface area contributed by atoms with Gasteiger partial charge in [-0.1, -0.05) is 30.3 Å². The Morgan fingerprint density at radius 2 is 1.84 bits per heavy atom. The van der Waals surface area contributed by atoms with E-state index in [0.717, 1.165) is 28.8 Å². The van der Waals surface area contributed by atoms with Crippen LogP contribution in [0.3, 0.4) is 0 Å². The van der Waals surface area contributed by atoms with E-state index in [-0.39, 0.29) is 28.5 Å². The van der Waals surface area contributed by atoms with Gasteiger partial charge in [-0.25, -0.2) is 13.4 Å². The van der Waals surface area contributed by atoms with Crippen LogP contribution in [0.15, 0.2) is 77.8 Å². The Morgan fingerprint density at radius 3 is 2.56 bits per heavy atom. The van der Waals surface area contributed by atoms with Crippen molar-refractivity contribution in [3.8, 4) is 17.1 Å². The molecule has 0 radical (unpaired) electrons. The van der Waals surface area contributed by atoms with Gasteiger partial charge in [0.15, 0.2) is 9.84 Å². The van der Waals surface area contributed by atoms with Gasteiger partial charge in [-0.2, -0.15) is 0 Å². The number of nitro benzene ring substituents is 1. The third-order valence-corrected chi connectivity index (χ3v) is 6.81. The normalized spacial score (nSPS) is 11.4. The fourth-order valence-corrected chi connectivity index (χ4v) is 4.88. The molecule has 0 atom stereocenters. The second kappa shape index (κ2) is 8.72. The number of aryl methyl sites for hydroxylation is 1. The Hall–Kier alpha value is -3.85. The Kier molecular flexibility index (Phi) is 5.83. The SMILES string of the molecule is COc1cc([N+](=O)[O-])ccc1S(=O)(=O)CCc1cccc2ccc(-c3ccccn3)nc12. The molecule has 0 saturated carbocycles. The first-order valence-electron chi connectivity index (χ1n) is 9.74. The van der Waals surface area contributed by atoms with E-state index in [9.17, 15) is 18.5 Å². The summed E-state index contributed by atoms with van der Waals surface area (Å²) in [4.78, 5) is 19.4. The Labute approximate surface area is 184 Å². The highest BCUT2D eigenvalue weighted by Gasteiger charge is 2.23. The number of nitro groups is 1. The number of methoxy groups -OCH3 is 1. The van der Waals surface area contributed by atoms with Crippen molar-refractivity contribution >= 4 is 26.4 Å². The number of non-ortho nitro benzene ring substituents is 1. The van der Waals surface area contributed by atoms with Crippen LogP contribution in [0.2, 0.25) is 0 Å². The predicted molar refractivity (Wildman–Crippen MR) is 120 cm³/mol. The van der Waals surface area contributed by atoms with Gasteiger partial charge in [-0.3, -0.25) is 15.1 Å². The van der Waals surface area contributed by atoms with Crippen molar-refractivity contribution in [1.29, 1.82) is 0 Å². The van der Waals surface area contributed by atoms with Crippen LogP contribution >= 0.6 is 0 Å². The van der Waals surface area contributed by atoms with Gasteiger partial charge in [-0.15, -0.1) is 0 Å². The van der Waals surface area contributed by atoms with Crippen LogP contribution in [0.4, 0.5) is 5.69 Å². The van der Waals surface area contributed by atoms with E-state index in [2.05, 4.69) is 4.98 Å². The molecule has 0 unspecified atom stereocenters. The number of aromatic nitrogens is 2. The minimum atomic E-state index is -3.76. The molecule has 2 heterocycles. The number of hydrogen-bond donors (Lipinski definition) is 0. The minimum Gasteiger partial charge on any atom is -0.495 e. The lowest BCUT2D eigenvalue weighted by Gasteiger charge is -2.11. The smallest absolute Gasteiger partial charge is 0.273 e. The summed E-state index contributed by atoms with van der Waals surface area (Å²) in [5, 5.41) is 11.9. The van der Waals surface area contributed by atoms with Crippen molar-refractivity contribution in [2.75, 3.05) is 12.9 Å². The fraction of sp³-hybridized carbons (Fsp3) is 0.130. The van der Waals surface area contributed by atoms with E-state index in [1.165, 1.54) is 13.2 Å². The molecule has 0 saturated heterocycles. The van der Waals surface area contributed by atoms with Gasteiger partial charge in [-0.05, 0) is 36.2 Å². The molecule has 2 aromatic carbocycles. The average Bonchev–Trinajstić information content (AvgIpc) is 2.82. The van der Waals surface area contributed by atoms with Gasteiger partial charge in [0, 0.05) is 17.6 Å². The highest BCUT2D eigenvalue weighted by molar-refractivity contribution is 7.91. The highest BCUT2D eigenvalue weighted by atomic mass is 32.2. The molecule has 0 amide bonds. The zero-order chi connectivity index (χ0) is 22.7. The molecule has 0 N–H and O–H groups in total. The van der Waals surface area contributed by atoms with Crippen LogP contribution in [0.1, 0.15) is 5.56 Å². The van der Waals surface area contributed by atoms with E-state index in [1.54, 1.807) is 6.20 Å². The van der Waals surface area contributed by atoms with Crippen LogP contribution in [-0.4, -0.2) is 36.2 Å². The van der Waals surface area contributed by atoms with Crippen molar-refractivity contribution < 1.29 is 18.1 Å². The highest BCUT2D eigenvalue weighted by Crippen LogP contribution is 2.30. The van der Waals surface area contributed by atoms with Crippen LogP contribution in [0.5, 0.6) is 5.75 Å². The maximum absolute atomic E-state index is 13.0. The second-order valence-corrected chi connectivity index (χ2v) is 9.14. The van der Waals surface area contributed by atoms with Gasteiger partial charge in [0.1, 0.15) is 10.6 Å². The molecule has 162 valence electrons. The van der Waals surface area contributed by atoms with Crippen molar-refractivity contribution in [2.24, 2.45) is 0 Å². The summed E-state index contributed by atoms with van der Waals surface area (Å²) in [6.45, 7) is 0. The predicted octanol–water partition coefficient (Wildman–Crippen LogP) is 4.23. The molecule has 0 aliphatic carbocycles. The van der Waals surface area contributed by atoms with Gasteiger partial charge >= 0.3 is 0 Å². The number of sulfone groups is 1. The minimum absolute atomic E-state index is 0.0484. The van der Waals surface area contributed by atoms with Gasteiger partial charge < -0.3 is 4.74 Å². The maximum atomic E-state index is 13.0. The summed E-state index contributed by atoms with van der Waals surface area (Å²) in [7, 11) is -2.48. The van der Waals surface area contributed by atoms with Crippen LogP contribution in [0, 0.1) is 10.1 Å². The van der Waals surface area contributed by atoms with Crippen molar-refractivity contribution in [3.63, 3.8) is 0 Å². The first-order valence-corrected chi connectivity index (χ1v) is 11.4. The maximum Gasteiger partial charge on any atom is 0.273 e. The molecule has 8 nitrogen and oxygen atoms in total. The lowest BCUT2D eigenvalue weighted by Crippen LogP contribution is -2.11. The summed E-state index contributed by atoms with van der Waals surface area (Å²) >= 11 is 0. The molecule has 4 aromatic rings. The summed E-state index contributed by atoms with van der Waals surface area (Å²) in [5.74, 6) is -0.247. The Morgan fingerprint density at radius 1 is 1.00 bits per heavy atom. The standard InChI is InChI=1S/C23H19N3O5S/c1-31-21-15-18(26(27)28)9-11-22(21)32(29,30)14-12-17-6-4-5-16-8-10-20(25-23(16)17)19-7-2-3-13-24-19/h2-11,13,15H,12,14H2,1H3. The Bertz CT molecular complexity index is 1410. The zero-order valence-corrected chi connectivity index (χ0v) is 18.0. The molecule has 32 heavy (non-hydrogen) atoms. The number of para-hydroxylation sites is 1. The van der Waals surface area contributed by atoms with Crippen LogP contribution < -0.4 is 4.74 Å². The Balaban J connectivity index is 1.66. The number of rotatable bonds is 7. The number of benzene rings is 2. The molecule has 0 spiro atoms. The molecular weight excluding hydrogens is 430 g/mol. The fourth-order valence-electron chi connectivity index (χ4n) is 3.45. The summed E-state index contributed by atoms with van der Waals surface area (Å²) in [5.41, 5.74) is 2.69. The molecule has 0 aliphatic heterocycles. The molecular formula is C23H19N3O5S. The van der Waals surface area contributed by atoms with Gasteiger partial charge in [0.05, 0.1) is 40.8 Å². The number of ether oxygens (including phenoxy) is 1. The van der Waals surface area contributed by atoms with Gasteiger partial charge in [0.25, 0.3) is 5.69 Å². The van der Waals surface area contributed by atoms with E-state index in [0.29, 0.717) is 11.2 Å². The second-order valence-electron chi connectivity index (χ2n) is 7.06. The number of nitrogens with zero attached hydrogens (tertiary/aromatic N) is 3. The molecule has 0 bridgehead atoms. The summed E-state index contributed by atoms with van der Waals surface area (Å²) in [6, 6.07) is 18.5. The molecule has 2 aromatic heterocycles. The van der Waals surface area contributed by atoms with E-state index in [1.807, 2.05) is 48.5 Å². The summed E-state index contributed by atoms with van der Waals surface area (Å²) < 4.78 is 31.1. The first-order chi connectivity index (χ1) is 15.4. The number of fused-ring (bicyclic) bond motifs is 1. The first kappa shape index (κ1) is 21.4. The van der Waals surface area contributed by atoms with E-state index in [4.69, 9.17) is 9.72 Å². The quantitative estimate of drug-likeness (QED) is 0.306. The summed E-state index contributed by atoms with van der Waals surface area (Å²) in [6.07, 6.45) is 1.91. The molecule has 4 rings (SSSR count). The van der Waals surface area contributed by atoms with Crippen molar-refractivity contribution in [3.05, 3.63) is 88.6 Å². The molecule has 0 aliphatic rings. The zero-order valence-electron chi connectivity index (χ0n) is 17.1. The van der Waals surface area contributed by atoms with Crippen molar-refractivity contribution in [1.82, 2.24) is 9.97 Å². The van der Waals surface area contributed by atoms with Gasteiger partial charge in [0.2, 0.25) is 0 Å². The largest absolute Gasteiger partial charge is 0.495 e. The van der Waals surface area contributed by atoms with Crippen LogP contribution in [-0.2, 0) is 16.3 Å². The third-order valence-electron chi connectivity index (χ3n) is 5.06. The lowest BCUT2D eigenvalue weighted by molar-refractivity contribution is -0.385. The van der Waals surface area contributed by atoms with Crippen LogP contribution in [0.25, 0.3) is 22.3 Å². The number of hydrogen-bond acceptors (Lipinski definition) is 7. The monoisotopic (exact) mass is 449 g/mol.